The van der Waals surface area contributed by atoms with Gasteiger partial charge >= 0.3 is 0 Å². The smallest absolute Gasteiger partial charge is 0.222 e. The molecule has 5 atom stereocenters. The summed E-state index contributed by atoms with van der Waals surface area (Å²) in [6.07, 6.45) is 11.0. The molecule has 0 spiro atoms. The summed E-state index contributed by atoms with van der Waals surface area (Å²) in [5.74, 6) is 2.22. The minimum atomic E-state index is -0.111. The number of ketones is 1. The Morgan fingerprint density at radius 2 is 1.33 bits per heavy atom. The maximum atomic E-state index is 12.3. The fourth-order valence-electron chi connectivity index (χ4n) is 4.90. The van der Waals surface area contributed by atoms with E-state index in [1.54, 1.807) is 0 Å². The fourth-order valence-corrected chi connectivity index (χ4v) is 4.90. The van der Waals surface area contributed by atoms with Crippen LogP contribution in [0.3, 0.4) is 0 Å². The standard InChI is InChI=1S/C28H53NO4/c1-7-19-29(20-8-2)27(31)18-13-11-10-12-16-25(30)17-14-15-21-32-28-24(6)22(4)23(5)26(9-3)33-28/h22-24,26,28H,7-21H2,1-6H3. The van der Waals surface area contributed by atoms with Gasteiger partial charge in [0.25, 0.3) is 0 Å². The highest BCUT2D eigenvalue weighted by Crippen LogP contribution is 2.36. The molecule has 0 saturated carbocycles. The van der Waals surface area contributed by atoms with Crippen molar-refractivity contribution in [2.45, 2.75) is 131 Å². The van der Waals surface area contributed by atoms with Gasteiger partial charge in [-0.2, -0.15) is 0 Å². The first-order valence-electron chi connectivity index (χ1n) is 13.9. The minimum Gasteiger partial charge on any atom is -0.352 e. The average molecular weight is 468 g/mol. The Hall–Kier alpha value is -0.940. The first-order chi connectivity index (χ1) is 15.8. The molecule has 194 valence electrons. The first kappa shape index (κ1) is 30.1. The molecule has 5 nitrogen and oxygen atoms in total. The van der Waals surface area contributed by atoms with E-state index < -0.39 is 0 Å². The highest BCUT2D eigenvalue weighted by molar-refractivity contribution is 5.78. The number of unbranched alkanes of at least 4 members (excludes halogenated alkanes) is 4. The van der Waals surface area contributed by atoms with Crippen LogP contribution in [0.5, 0.6) is 0 Å². The quantitative estimate of drug-likeness (QED) is 0.209. The van der Waals surface area contributed by atoms with Crippen molar-refractivity contribution in [2.24, 2.45) is 17.8 Å². The Morgan fingerprint density at radius 3 is 1.91 bits per heavy atom. The normalized spacial score (nSPS) is 25.2. The van der Waals surface area contributed by atoms with Gasteiger partial charge in [-0.05, 0) is 56.8 Å². The fraction of sp³-hybridized carbons (Fsp3) is 0.929. The van der Waals surface area contributed by atoms with E-state index in [0.29, 0.717) is 55.3 Å². The number of carbonyl (C=O) groups is 2. The Bertz CT molecular complexity index is 530. The van der Waals surface area contributed by atoms with Crippen LogP contribution in [0.15, 0.2) is 0 Å². The third kappa shape index (κ3) is 11.4. The molecule has 5 unspecified atom stereocenters. The second-order valence-corrected chi connectivity index (χ2v) is 10.2. The zero-order chi connectivity index (χ0) is 24.6. The summed E-state index contributed by atoms with van der Waals surface area (Å²) in [4.78, 5) is 26.4. The van der Waals surface area contributed by atoms with Crippen molar-refractivity contribution >= 4 is 11.7 Å². The van der Waals surface area contributed by atoms with Gasteiger partial charge in [0.1, 0.15) is 5.78 Å². The van der Waals surface area contributed by atoms with Gasteiger partial charge in [0.15, 0.2) is 6.29 Å². The van der Waals surface area contributed by atoms with E-state index in [-0.39, 0.29) is 12.4 Å². The number of nitrogens with zero attached hydrogens (tertiary/aromatic N) is 1. The van der Waals surface area contributed by atoms with Crippen molar-refractivity contribution in [3.63, 3.8) is 0 Å². The number of amides is 1. The van der Waals surface area contributed by atoms with E-state index in [2.05, 4.69) is 41.5 Å². The molecule has 0 aromatic rings. The lowest BCUT2D eigenvalue weighted by Gasteiger charge is -2.43. The topological polar surface area (TPSA) is 55.8 Å². The van der Waals surface area contributed by atoms with Crippen LogP contribution in [0, 0.1) is 17.8 Å². The summed E-state index contributed by atoms with van der Waals surface area (Å²) >= 11 is 0. The molecule has 1 rings (SSSR count). The summed E-state index contributed by atoms with van der Waals surface area (Å²) in [6, 6.07) is 0. The molecule has 0 bridgehead atoms. The summed E-state index contributed by atoms with van der Waals surface area (Å²) in [6.45, 7) is 15.6. The van der Waals surface area contributed by atoms with E-state index in [1.165, 1.54) is 0 Å². The third-order valence-electron chi connectivity index (χ3n) is 7.45. The predicted molar refractivity (Wildman–Crippen MR) is 136 cm³/mol. The van der Waals surface area contributed by atoms with Gasteiger partial charge in [-0.1, -0.05) is 54.4 Å². The Balaban J connectivity index is 2.06. The molecular weight excluding hydrogens is 414 g/mol. The van der Waals surface area contributed by atoms with E-state index in [9.17, 15) is 9.59 Å². The van der Waals surface area contributed by atoms with Crippen molar-refractivity contribution in [1.82, 2.24) is 4.90 Å². The van der Waals surface area contributed by atoms with Crippen LogP contribution in [0.1, 0.15) is 119 Å². The van der Waals surface area contributed by atoms with Crippen LogP contribution in [0.4, 0.5) is 0 Å². The van der Waals surface area contributed by atoms with Crippen LogP contribution in [-0.2, 0) is 19.1 Å². The summed E-state index contributed by atoms with van der Waals surface area (Å²) in [5.41, 5.74) is 0. The highest BCUT2D eigenvalue weighted by Gasteiger charge is 2.38. The molecule has 0 aromatic carbocycles. The van der Waals surface area contributed by atoms with E-state index >= 15 is 0 Å². The molecule has 1 amide bonds. The van der Waals surface area contributed by atoms with Gasteiger partial charge < -0.3 is 14.4 Å². The van der Waals surface area contributed by atoms with Gasteiger partial charge in [0.2, 0.25) is 5.91 Å². The largest absolute Gasteiger partial charge is 0.352 e. The van der Waals surface area contributed by atoms with Gasteiger partial charge in [0.05, 0.1) is 6.10 Å². The Morgan fingerprint density at radius 1 is 0.758 bits per heavy atom. The number of ether oxygens (including phenoxy) is 2. The van der Waals surface area contributed by atoms with Crippen LogP contribution in [0.2, 0.25) is 0 Å². The maximum absolute atomic E-state index is 12.3. The molecule has 1 aliphatic heterocycles. The summed E-state index contributed by atoms with van der Waals surface area (Å²) in [7, 11) is 0. The number of rotatable bonds is 18. The van der Waals surface area contributed by atoms with Gasteiger partial charge in [-0.25, -0.2) is 0 Å². The molecule has 1 heterocycles. The van der Waals surface area contributed by atoms with Crippen molar-refractivity contribution in [1.29, 1.82) is 0 Å². The van der Waals surface area contributed by atoms with Gasteiger partial charge in [-0.3, -0.25) is 9.59 Å². The van der Waals surface area contributed by atoms with E-state index in [4.69, 9.17) is 9.47 Å². The van der Waals surface area contributed by atoms with Crippen LogP contribution in [0.25, 0.3) is 0 Å². The lowest BCUT2D eigenvalue weighted by atomic mass is 9.78. The molecule has 0 N–H and O–H groups in total. The molecule has 1 saturated heterocycles. The summed E-state index contributed by atoms with van der Waals surface area (Å²) in [5, 5.41) is 0. The molecule has 5 heteroatoms. The SMILES string of the molecule is CCCN(CCC)C(=O)CCCCCCC(=O)CCCCOC1OC(CC)C(C)C(C)C1C. The van der Waals surface area contributed by atoms with Crippen LogP contribution >= 0.6 is 0 Å². The zero-order valence-electron chi connectivity index (χ0n) is 22.6. The predicted octanol–water partition coefficient (Wildman–Crippen LogP) is 6.77. The highest BCUT2D eigenvalue weighted by atomic mass is 16.7. The average Bonchev–Trinajstić information content (AvgIpc) is 2.80. The molecule has 33 heavy (non-hydrogen) atoms. The molecular formula is C28H53NO4. The molecule has 0 aromatic heterocycles. The van der Waals surface area contributed by atoms with Gasteiger partial charge in [0, 0.05) is 44.9 Å². The maximum Gasteiger partial charge on any atom is 0.222 e. The first-order valence-corrected chi connectivity index (χ1v) is 13.9. The molecule has 1 fully saturated rings. The second kappa shape index (κ2) is 17.5. The molecule has 1 aliphatic rings. The Kier molecular flexibility index (Phi) is 15.9. The van der Waals surface area contributed by atoms with E-state index in [1.807, 2.05) is 4.90 Å². The lowest BCUT2D eigenvalue weighted by Crippen LogP contribution is -2.45. The van der Waals surface area contributed by atoms with Crippen molar-refractivity contribution in [2.75, 3.05) is 19.7 Å². The van der Waals surface area contributed by atoms with Crippen LogP contribution < -0.4 is 0 Å². The van der Waals surface area contributed by atoms with Gasteiger partial charge in [-0.15, -0.1) is 0 Å². The van der Waals surface area contributed by atoms with Crippen molar-refractivity contribution in [3.8, 4) is 0 Å². The molecule has 0 radical (unpaired) electrons. The number of carbonyl (C=O) groups excluding carboxylic acids is 2. The number of hydrogen-bond acceptors (Lipinski definition) is 4. The minimum absolute atomic E-state index is 0.111. The molecule has 0 aliphatic carbocycles. The van der Waals surface area contributed by atoms with Crippen LogP contribution in [-0.4, -0.2) is 48.7 Å². The monoisotopic (exact) mass is 467 g/mol. The zero-order valence-corrected chi connectivity index (χ0v) is 22.6. The van der Waals surface area contributed by atoms with E-state index in [0.717, 1.165) is 70.9 Å². The van der Waals surface area contributed by atoms with Crippen molar-refractivity contribution in [3.05, 3.63) is 0 Å². The number of Topliss-reactive ketones (excluding diaryl/α,β-unsaturated/α-hetero) is 1. The summed E-state index contributed by atoms with van der Waals surface area (Å²) < 4.78 is 12.2. The van der Waals surface area contributed by atoms with Crippen molar-refractivity contribution < 1.29 is 19.1 Å². The second-order valence-electron chi connectivity index (χ2n) is 10.2. The number of hydrogen-bond donors (Lipinski definition) is 0. The Labute approximate surface area is 204 Å². The third-order valence-corrected chi connectivity index (χ3v) is 7.45. The lowest BCUT2D eigenvalue weighted by molar-refractivity contribution is -0.248.